The van der Waals surface area contributed by atoms with Gasteiger partial charge in [-0.2, -0.15) is 15.0 Å². The van der Waals surface area contributed by atoms with Crippen LogP contribution >= 0.6 is 34.8 Å². The third kappa shape index (κ3) is 7.21. The standard InChI is InChI=1S/3C6H7ClN2O2.Fe/c3*1-3-5(7)4(2)9(11)6(10)8-3;/h3*11H,1-2H3;/q;;;+3. The molecule has 3 heterocycles. The van der Waals surface area contributed by atoms with Gasteiger partial charge in [-0.05, 0) is 41.5 Å². The fourth-order valence-electron chi connectivity index (χ4n) is 2.21. The van der Waals surface area contributed by atoms with Crippen molar-refractivity contribution < 1.29 is 32.7 Å². The Morgan fingerprint density at radius 1 is 0.529 bits per heavy atom. The molecule has 0 aliphatic carbocycles. The van der Waals surface area contributed by atoms with Gasteiger partial charge in [0.25, 0.3) is 0 Å². The molecule has 34 heavy (non-hydrogen) atoms. The summed E-state index contributed by atoms with van der Waals surface area (Å²) in [7, 11) is 0. The molecule has 12 nitrogen and oxygen atoms in total. The molecule has 185 valence electrons. The predicted molar refractivity (Wildman–Crippen MR) is 120 cm³/mol. The van der Waals surface area contributed by atoms with Crippen LogP contribution in [0.1, 0.15) is 34.2 Å². The molecule has 1 radical (unpaired) electrons. The van der Waals surface area contributed by atoms with Crippen LogP contribution < -0.4 is 17.1 Å². The number of rotatable bonds is 0. The van der Waals surface area contributed by atoms with Gasteiger partial charge >= 0.3 is 34.1 Å². The minimum atomic E-state index is -0.704. The predicted octanol–water partition coefficient (Wildman–Crippen LogP) is 2.25. The minimum absolute atomic E-state index is 0. The Hall–Kier alpha value is -2.57. The Kier molecular flexibility index (Phi) is 11.8. The third-order valence-corrected chi connectivity index (χ3v) is 5.83. The minimum Gasteiger partial charge on any atom is -0.424 e. The maximum Gasteiger partial charge on any atom is 3.00 e. The van der Waals surface area contributed by atoms with Crippen LogP contribution in [0.5, 0.6) is 0 Å². The molecule has 0 aliphatic rings. The number of hydrogen-bond donors (Lipinski definition) is 3. The maximum atomic E-state index is 10.8. The van der Waals surface area contributed by atoms with Gasteiger partial charge in [-0.15, -0.1) is 14.2 Å². The zero-order chi connectivity index (χ0) is 25.8. The van der Waals surface area contributed by atoms with Crippen molar-refractivity contribution in [2.24, 2.45) is 0 Å². The summed E-state index contributed by atoms with van der Waals surface area (Å²) in [5.41, 5.74) is 0.106. The molecule has 3 aromatic rings. The second-order valence-corrected chi connectivity index (χ2v) is 7.71. The molecule has 3 N–H and O–H groups in total. The smallest absolute Gasteiger partial charge is 0.424 e. The van der Waals surface area contributed by atoms with Crippen molar-refractivity contribution in [2.75, 3.05) is 0 Å². The van der Waals surface area contributed by atoms with Crippen LogP contribution in [0.3, 0.4) is 0 Å². The molecule has 0 fully saturated rings. The Morgan fingerprint density at radius 3 is 0.882 bits per heavy atom. The second-order valence-electron chi connectivity index (χ2n) is 6.57. The van der Waals surface area contributed by atoms with E-state index in [2.05, 4.69) is 15.0 Å². The van der Waals surface area contributed by atoms with E-state index in [0.717, 1.165) is 0 Å². The first kappa shape index (κ1) is 31.4. The molecule has 0 atom stereocenters. The molecular weight excluding hydrogens is 558 g/mol. The molecule has 3 aromatic heterocycles. The van der Waals surface area contributed by atoms with E-state index in [4.69, 9.17) is 50.4 Å². The average molecular weight is 580 g/mol. The van der Waals surface area contributed by atoms with Gasteiger partial charge in [0.15, 0.2) is 0 Å². The van der Waals surface area contributed by atoms with E-state index in [1.165, 1.54) is 0 Å². The zero-order valence-corrected chi connectivity index (χ0v) is 22.1. The van der Waals surface area contributed by atoms with Gasteiger partial charge in [0.05, 0.1) is 49.2 Å². The van der Waals surface area contributed by atoms with Gasteiger partial charge in [0, 0.05) is 0 Å². The summed E-state index contributed by atoms with van der Waals surface area (Å²) < 4.78 is 1.28. The second kappa shape index (κ2) is 12.8. The van der Waals surface area contributed by atoms with E-state index in [0.29, 0.717) is 63.4 Å². The largest absolute Gasteiger partial charge is 3.00 e. The number of aromatic nitrogens is 6. The van der Waals surface area contributed by atoms with Crippen molar-refractivity contribution >= 4 is 34.8 Å². The van der Waals surface area contributed by atoms with Crippen LogP contribution in [-0.2, 0) is 17.1 Å². The van der Waals surface area contributed by atoms with E-state index in [1.54, 1.807) is 41.5 Å². The quantitative estimate of drug-likeness (QED) is 0.268. The number of halogens is 3. The van der Waals surface area contributed by atoms with Crippen LogP contribution in [0.25, 0.3) is 0 Å². The monoisotopic (exact) mass is 578 g/mol. The van der Waals surface area contributed by atoms with Gasteiger partial charge in [-0.3, -0.25) is 0 Å². The summed E-state index contributed by atoms with van der Waals surface area (Å²) in [5, 5.41) is 27.8. The van der Waals surface area contributed by atoms with Crippen LogP contribution in [0.15, 0.2) is 14.4 Å². The fraction of sp³-hybridized carbons (Fsp3) is 0.333. The molecule has 16 heteroatoms. The summed E-state index contributed by atoms with van der Waals surface area (Å²) in [6.07, 6.45) is 0. The van der Waals surface area contributed by atoms with Crippen molar-refractivity contribution in [2.45, 2.75) is 41.5 Å². The van der Waals surface area contributed by atoms with Crippen molar-refractivity contribution in [1.29, 1.82) is 0 Å². The molecule has 3 rings (SSSR count). The van der Waals surface area contributed by atoms with Crippen molar-refractivity contribution in [3.63, 3.8) is 0 Å². The Bertz CT molecular complexity index is 1210. The summed E-state index contributed by atoms with van der Waals surface area (Å²) in [6, 6.07) is 0. The molecule has 0 bridgehead atoms. The normalized spacial score (nSPS) is 9.79. The summed E-state index contributed by atoms with van der Waals surface area (Å²) in [4.78, 5) is 42.6. The van der Waals surface area contributed by atoms with Crippen LogP contribution in [-0.4, -0.2) is 44.8 Å². The molecule has 0 aliphatic heterocycles. The van der Waals surface area contributed by atoms with Gasteiger partial charge in [-0.25, -0.2) is 14.4 Å². The van der Waals surface area contributed by atoms with Crippen LogP contribution in [0.4, 0.5) is 0 Å². The Labute approximate surface area is 218 Å². The first-order valence-electron chi connectivity index (χ1n) is 8.96. The molecule has 0 saturated carbocycles. The molecule has 0 saturated heterocycles. The van der Waals surface area contributed by atoms with Gasteiger partial charge < -0.3 is 15.6 Å². The average Bonchev–Trinajstić information content (AvgIpc) is 2.77. The summed E-state index contributed by atoms with van der Waals surface area (Å²) in [6.45, 7) is 9.44. The van der Waals surface area contributed by atoms with Crippen molar-refractivity contribution in [3.8, 4) is 0 Å². The van der Waals surface area contributed by atoms with E-state index < -0.39 is 17.1 Å². The molecule has 0 unspecified atom stereocenters. The topological polar surface area (TPSA) is 165 Å². The van der Waals surface area contributed by atoms with E-state index in [1.807, 2.05) is 0 Å². The Morgan fingerprint density at radius 2 is 0.706 bits per heavy atom. The maximum absolute atomic E-state index is 10.8. The molecule has 0 aromatic carbocycles. The van der Waals surface area contributed by atoms with Crippen LogP contribution in [0.2, 0.25) is 15.1 Å². The number of aryl methyl sites for hydroxylation is 3. The summed E-state index contributed by atoms with van der Waals surface area (Å²) in [5.74, 6) is 0. The van der Waals surface area contributed by atoms with E-state index in [9.17, 15) is 14.4 Å². The molecule has 0 amide bonds. The van der Waals surface area contributed by atoms with E-state index in [-0.39, 0.29) is 17.1 Å². The Balaban J connectivity index is 0.000000473. The van der Waals surface area contributed by atoms with Crippen LogP contribution in [0, 0.1) is 41.5 Å². The van der Waals surface area contributed by atoms with E-state index >= 15 is 0 Å². The van der Waals surface area contributed by atoms with Gasteiger partial charge in [-0.1, -0.05) is 34.8 Å². The third-order valence-electron chi connectivity index (χ3n) is 4.19. The number of nitrogens with zero attached hydrogens (tertiary/aromatic N) is 6. The number of hydrogen-bond acceptors (Lipinski definition) is 9. The first-order chi connectivity index (χ1) is 15.1. The van der Waals surface area contributed by atoms with Crippen molar-refractivity contribution in [1.82, 2.24) is 29.1 Å². The van der Waals surface area contributed by atoms with Crippen molar-refractivity contribution in [3.05, 3.63) is 80.7 Å². The first-order valence-corrected chi connectivity index (χ1v) is 10.1. The fourth-order valence-corrected chi connectivity index (χ4v) is 2.58. The zero-order valence-electron chi connectivity index (χ0n) is 18.7. The summed E-state index contributed by atoms with van der Waals surface area (Å²) >= 11 is 17.0. The SMILES string of the molecule is Cc1nc(=O)n(O)c(C)c1Cl.Cc1nc(=O)n(O)c(C)c1Cl.Cc1nc(=O)n(O)c(C)c1Cl.[Fe+3]. The molecule has 0 spiro atoms. The molecular formula is C18H21Cl3FeN6O6+3. The van der Waals surface area contributed by atoms with Gasteiger partial charge in [0.2, 0.25) is 0 Å². The van der Waals surface area contributed by atoms with Gasteiger partial charge in [0.1, 0.15) is 0 Å².